The molecule has 0 fully saturated rings. The summed E-state index contributed by atoms with van der Waals surface area (Å²) in [4.78, 5) is 12.4. The molecule has 162 valence electrons. The van der Waals surface area contributed by atoms with Crippen molar-refractivity contribution in [3.05, 3.63) is 53.1 Å². The minimum atomic E-state index is -3.65. The van der Waals surface area contributed by atoms with Gasteiger partial charge in [-0.3, -0.25) is 9.10 Å². The van der Waals surface area contributed by atoms with Crippen molar-refractivity contribution in [2.45, 2.75) is 12.7 Å². The van der Waals surface area contributed by atoms with Crippen molar-refractivity contribution in [3.63, 3.8) is 0 Å². The first-order valence-corrected chi connectivity index (χ1v) is 12.5. The normalized spacial score (nSPS) is 12.6. The molecule has 0 saturated carbocycles. The Bertz CT molecular complexity index is 1000. The van der Waals surface area contributed by atoms with Gasteiger partial charge in [0, 0.05) is 29.1 Å². The highest BCUT2D eigenvalue weighted by molar-refractivity contribution is 7.98. The van der Waals surface area contributed by atoms with Crippen molar-refractivity contribution >= 4 is 45.0 Å². The molecule has 0 radical (unpaired) electrons. The molecule has 0 atom stereocenters. The summed E-state index contributed by atoms with van der Waals surface area (Å²) in [6, 6.07) is 12.4. The molecule has 0 bridgehead atoms. The third-order valence-electron chi connectivity index (χ3n) is 4.42. The average Bonchev–Trinajstić information content (AvgIpc) is 3.20. The van der Waals surface area contributed by atoms with Crippen LogP contribution in [0.5, 0.6) is 11.5 Å². The maximum absolute atomic E-state index is 12.6. The van der Waals surface area contributed by atoms with E-state index in [1.165, 1.54) is 0 Å². The first-order valence-electron chi connectivity index (χ1n) is 9.38. The molecule has 1 N–H and O–H groups in total. The minimum Gasteiger partial charge on any atom is -0.454 e. The lowest BCUT2D eigenvalue weighted by atomic mass is 10.2. The van der Waals surface area contributed by atoms with Crippen molar-refractivity contribution in [1.29, 1.82) is 0 Å². The fourth-order valence-electron chi connectivity index (χ4n) is 2.79. The number of nitrogens with zero attached hydrogens (tertiary/aromatic N) is 1. The number of sulfonamides is 1. The molecule has 1 aliphatic heterocycles. The average molecular weight is 471 g/mol. The summed E-state index contributed by atoms with van der Waals surface area (Å²) < 4.78 is 36.8. The highest BCUT2D eigenvalue weighted by Gasteiger charge is 2.25. The van der Waals surface area contributed by atoms with Crippen LogP contribution in [0.15, 0.2) is 42.5 Å². The highest BCUT2D eigenvalue weighted by Crippen LogP contribution is 2.36. The van der Waals surface area contributed by atoms with E-state index in [2.05, 4.69) is 5.32 Å². The fraction of sp³-hybridized carbons (Fsp3) is 0.350. The second-order valence-electron chi connectivity index (χ2n) is 6.44. The topological polar surface area (TPSA) is 84.9 Å². The van der Waals surface area contributed by atoms with Crippen molar-refractivity contribution in [2.24, 2.45) is 0 Å². The minimum absolute atomic E-state index is 0.0889. The molecule has 3 rings (SSSR count). The second-order valence-corrected chi connectivity index (χ2v) is 10.1. The second kappa shape index (κ2) is 10.3. The molecule has 1 aliphatic rings. The lowest BCUT2D eigenvalue weighted by Crippen LogP contribution is -2.42. The number of benzene rings is 2. The van der Waals surface area contributed by atoms with E-state index < -0.39 is 10.0 Å². The fourth-order valence-corrected chi connectivity index (χ4v) is 5.00. The van der Waals surface area contributed by atoms with Crippen molar-refractivity contribution in [3.8, 4) is 11.5 Å². The van der Waals surface area contributed by atoms with Gasteiger partial charge in [0.1, 0.15) is 6.54 Å². The summed E-state index contributed by atoms with van der Waals surface area (Å²) in [5.74, 6) is 1.93. The van der Waals surface area contributed by atoms with E-state index in [1.54, 1.807) is 36.9 Å². The summed E-state index contributed by atoms with van der Waals surface area (Å²) in [6.45, 7) is 1.75. The quantitative estimate of drug-likeness (QED) is 0.536. The van der Waals surface area contributed by atoms with Gasteiger partial charge in [0.05, 0.1) is 11.4 Å². The van der Waals surface area contributed by atoms with Gasteiger partial charge in [0.25, 0.3) is 0 Å². The molecule has 2 aromatic carbocycles. The Morgan fingerprint density at radius 1 is 1.20 bits per heavy atom. The molecular formula is C20H23ClN2O5S2. The van der Waals surface area contributed by atoms with Crippen LogP contribution < -0.4 is 19.1 Å². The van der Waals surface area contributed by atoms with Gasteiger partial charge in [-0.05, 0) is 30.7 Å². The number of hydrogen-bond donors (Lipinski definition) is 1. The number of nitrogens with one attached hydrogen (secondary N) is 1. The number of rotatable bonds is 10. The Labute approximate surface area is 185 Å². The number of hydrogen-bond acceptors (Lipinski definition) is 6. The number of thioether (sulfide) groups is 1. The lowest BCUT2D eigenvalue weighted by molar-refractivity contribution is -0.119. The molecule has 0 saturated heterocycles. The van der Waals surface area contributed by atoms with Crippen molar-refractivity contribution in [2.75, 3.05) is 35.7 Å². The number of carbonyl (C=O) groups is 1. The summed E-state index contributed by atoms with van der Waals surface area (Å²) in [6.07, 6.45) is 0. The Morgan fingerprint density at radius 3 is 2.73 bits per heavy atom. The van der Waals surface area contributed by atoms with Crippen LogP contribution in [0.2, 0.25) is 5.02 Å². The van der Waals surface area contributed by atoms with Gasteiger partial charge in [-0.1, -0.05) is 29.8 Å². The van der Waals surface area contributed by atoms with Crippen LogP contribution in [-0.4, -0.2) is 45.7 Å². The molecule has 2 aromatic rings. The molecule has 10 heteroatoms. The third kappa shape index (κ3) is 5.74. The predicted molar refractivity (Wildman–Crippen MR) is 120 cm³/mol. The monoisotopic (exact) mass is 470 g/mol. The molecule has 0 unspecified atom stereocenters. The number of ether oxygens (including phenoxy) is 2. The highest BCUT2D eigenvalue weighted by atomic mass is 35.5. The first-order chi connectivity index (χ1) is 14.4. The smallest absolute Gasteiger partial charge is 0.240 e. The maximum Gasteiger partial charge on any atom is 0.240 e. The van der Waals surface area contributed by atoms with E-state index in [0.29, 0.717) is 29.5 Å². The lowest BCUT2D eigenvalue weighted by Gasteiger charge is -2.23. The number of amides is 1. The summed E-state index contributed by atoms with van der Waals surface area (Å²) in [5.41, 5.74) is 1.41. The van der Waals surface area contributed by atoms with Gasteiger partial charge >= 0.3 is 0 Å². The predicted octanol–water partition coefficient (Wildman–Crippen LogP) is 3.27. The van der Waals surface area contributed by atoms with Gasteiger partial charge in [0.2, 0.25) is 22.7 Å². The SMILES string of the molecule is CCS(=O)(=O)N(CC(=O)NCCSCc1ccccc1Cl)c1ccc2c(c1)OCO2. The molecule has 7 nitrogen and oxygen atoms in total. The summed E-state index contributed by atoms with van der Waals surface area (Å²) in [7, 11) is -3.65. The van der Waals surface area contributed by atoms with E-state index in [-0.39, 0.29) is 25.0 Å². The van der Waals surface area contributed by atoms with Crippen LogP contribution in [0.25, 0.3) is 0 Å². The van der Waals surface area contributed by atoms with Gasteiger partial charge < -0.3 is 14.8 Å². The van der Waals surface area contributed by atoms with Gasteiger partial charge in [-0.2, -0.15) is 11.8 Å². The molecule has 0 aliphatic carbocycles. The number of anilines is 1. The zero-order chi connectivity index (χ0) is 21.6. The molecule has 0 spiro atoms. The largest absolute Gasteiger partial charge is 0.454 e. The first kappa shape index (κ1) is 22.6. The number of carbonyl (C=O) groups excluding carboxylic acids is 1. The van der Waals surface area contributed by atoms with E-state index in [1.807, 2.05) is 24.3 Å². The number of halogens is 1. The Morgan fingerprint density at radius 2 is 1.97 bits per heavy atom. The maximum atomic E-state index is 12.6. The standard InChI is InChI=1S/C20H23ClN2O5S2/c1-2-30(25,26)23(16-7-8-18-19(11-16)28-14-27-18)12-20(24)22-9-10-29-13-15-5-3-4-6-17(15)21/h3-8,11H,2,9-10,12-14H2,1H3,(H,22,24). The van der Waals surface area contributed by atoms with Crippen LogP contribution in [-0.2, 0) is 20.6 Å². The van der Waals surface area contributed by atoms with Crippen LogP contribution in [0.4, 0.5) is 5.69 Å². The summed E-state index contributed by atoms with van der Waals surface area (Å²) in [5, 5.41) is 3.50. The van der Waals surface area contributed by atoms with E-state index >= 15 is 0 Å². The number of fused-ring (bicyclic) bond motifs is 1. The Balaban J connectivity index is 1.54. The van der Waals surface area contributed by atoms with Crippen LogP contribution in [0.1, 0.15) is 12.5 Å². The van der Waals surface area contributed by atoms with Gasteiger partial charge in [-0.25, -0.2) is 8.42 Å². The Hall–Kier alpha value is -2.10. The molecule has 1 heterocycles. The molecule has 30 heavy (non-hydrogen) atoms. The van der Waals surface area contributed by atoms with Crippen molar-refractivity contribution in [1.82, 2.24) is 5.32 Å². The van der Waals surface area contributed by atoms with E-state index in [4.69, 9.17) is 21.1 Å². The zero-order valence-electron chi connectivity index (χ0n) is 16.5. The molecule has 1 amide bonds. The van der Waals surface area contributed by atoms with Crippen LogP contribution in [0.3, 0.4) is 0 Å². The molecular weight excluding hydrogens is 448 g/mol. The van der Waals surface area contributed by atoms with Crippen molar-refractivity contribution < 1.29 is 22.7 Å². The zero-order valence-corrected chi connectivity index (χ0v) is 18.9. The third-order valence-corrected chi connectivity index (χ3v) is 7.53. The van der Waals surface area contributed by atoms with E-state index in [9.17, 15) is 13.2 Å². The van der Waals surface area contributed by atoms with Crippen LogP contribution in [0, 0.1) is 0 Å². The van der Waals surface area contributed by atoms with Gasteiger partial charge in [-0.15, -0.1) is 0 Å². The Kier molecular flexibility index (Phi) is 7.74. The van der Waals surface area contributed by atoms with E-state index in [0.717, 1.165) is 20.6 Å². The summed E-state index contributed by atoms with van der Waals surface area (Å²) >= 11 is 7.77. The molecule has 0 aromatic heterocycles. The van der Waals surface area contributed by atoms with Gasteiger partial charge in [0.15, 0.2) is 11.5 Å². The van der Waals surface area contributed by atoms with Crippen LogP contribution >= 0.6 is 23.4 Å².